The van der Waals surface area contributed by atoms with Crippen LogP contribution in [0.2, 0.25) is 0 Å². The number of nitrogens with two attached hydrogens (primary N) is 1. The van der Waals surface area contributed by atoms with Crippen LogP contribution in [0.1, 0.15) is 53.0 Å². The summed E-state index contributed by atoms with van der Waals surface area (Å²) in [5, 5.41) is 0. The number of nitrogens with zero attached hydrogens (tertiary/aromatic N) is 1. The summed E-state index contributed by atoms with van der Waals surface area (Å²) in [5.74, 6) is 1.44. The lowest BCUT2D eigenvalue weighted by Crippen LogP contribution is -2.42. The van der Waals surface area contributed by atoms with Crippen LogP contribution in [0.4, 0.5) is 10.5 Å². The summed E-state index contributed by atoms with van der Waals surface area (Å²) in [6.45, 7) is 10.8. The third-order valence-corrected chi connectivity index (χ3v) is 4.63. The van der Waals surface area contributed by atoms with Gasteiger partial charge in [0.1, 0.15) is 29.3 Å². The first-order chi connectivity index (χ1) is 12.0. The number of benzene rings is 1. The number of hydrogen-bond acceptors (Lipinski definition) is 5. The number of rotatable bonds is 3. The van der Waals surface area contributed by atoms with Gasteiger partial charge in [0.05, 0.1) is 11.7 Å². The molecule has 1 amide bonds. The molecule has 0 bridgehead atoms. The van der Waals surface area contributed by atoms with E-state index in [0.717, 1.165) is 30.6 Å². The van der Waals surface area contributed by atoms with Gasteiger partial charge in [0.2, 0.25) is 0 Å². The summed E-state index contributed by atoms with van der Waals surface area (Å²) in [4.78, 5) is 14.1. The zero-order valence-electron chi connectivity index (χ0n) is 16.4. The number of anilines is 1. The molecule has 1 saturated heterocycles. The molecule has 1 fully saturated rings. The number of amides is 1. The Labute approximate surface area is 155 Å². The average Bonchev–Trinajstić information content (AvgIpc) is 3.05. The highest BCUT2D eigenvalue weighted by atomic mass is 16.6. The number of fused-ring (bicyclic) bond motifs is 1. The summed E-state index contributed by atoms with van der Waals surface area (Å²) >= 11 is 0. The summed E-state index contributed by atoms with van der Waals surface area (Å²) in [6.07, 6.45) is 2.40. The molecule has 6 heteroatoms. The molecule has 1 aromatic carbocycles. The molecule has 26 heavy (non-hydrogen) atoms. The Hall–Kier alpha value is -2.11. The van der Waals surface area contributed by atoms with Gasteiger partial charge in [-0.3, -0.25) is 0 Å². The summed E-state index contributed by atoms with van der Waals surface area (Å²) < 4.78 is 17.4. The van der Waals surface area contributed by atoms with E-state index in [-0.39, 0.29) is 17.7 Å². The number of hydrogen-bond donors (Lipinski definition) is 1. The molecule has 1 atom stereocenters. The Morgan fingerprint density at radius 2 is 2.12 bits per heavy atom. The van der Waals surface area contributed by atoms with Crippen LogP contribution in [0.15, 0.2) is 12.1 Å². The van der Waals surface area contributed by atoms with Crippen molar-refractivity contribution < 1.29 is 19.0 Å². The van der Waals surface area contributed by atoms with Crippen LogP contribution in [-0.2, 0) is 11.2 Å². The van der Waals surface area contributed by atoms with Crippen LogP contribution in [-0.4, -0.2) is 41.4 Å². The van der Waals surface area contributed by atoms with E-state index in [2.05, 4.69) is 13.8 Å². The largest absolute Gasteiger partial charge is 0.489 e. The highest BCUT2D eigenvalue weighted by Gasteiger charge is 2.34. The van der Waals surface area contributed by atoms with E-state index in [4.69, 9.17) is 19.9 Å². The fraction of sp³-hybridized carbons (Fsp3) is 0.650. The van der Waals surface area contributed by atoms with E-state index in [1.165, 1.54) is 0 Å². The molecule has 2 heterocycles. The van der Waals surface area contributed by atoms with Crippen LogP contribution >= 0.6 is 0 Å². The molecule has 144 valence electrons. The zero-order chi connectivity index (χ0) is 19.1. The summed E-state index contributed by atoms with van der Waals surface area (Å²) in [7, 11) is 0. The quantitative estimate of drug-likeness (QED) is 0.829. The van der Waals surface area contributed by atoms with Crippen molar-refractivity contribution in [2.45, 2.75) is 71.1 Å². The maximum atomic E-state index is 12.4. The highest BCUT2D eigenvalue weighted by molar-refractivity contribution is 5.69. The third-order valence-electron chi connectivity index (χ3n) is 4.63. The SMILES string of the molecule is CC(C)(C)OC(=O)N1CCCC1COc1cc2c(cc1N)CC(C)(C)O2. The summed E-state index contributed by atoms with van der Waals surface area (Å²) in [5.41, 5.74) is 7.15. The molecule has 0 saturated carbocycles. The van der Waals surface area contributed by atoms with Gasteiger partial charge >= 0.3 is 6.09 Å². The molecular formula is C20H30N2O4. The monoisotopic (exact) mass is 362 g/mol. The van der Waals surface area contributed by atoms with Crippen molar-refractivity contribution in [3.63, 3.8) is 0 Å². The van der Waals surface area contributed by atoms with Crippen molar-refractivity contribution in [3.05, 3.63) is 17.7 Å². The van der Waals surface area contributed by atoms with Crippen LogP contribution in [0.5, 0.6) is 11.5 Å². The second-order valence-electron chi connectivity index (χ2n) is 8.82. The van der Waals surface area contributed by atoms with E-state index >= 15 is 0 Å². The van der Waals surface area contributed by atoms with Crippen molar-refractivity contribution in [2.75, 3.05) is 18.9 Å². The minimum atomic E-state index is -0.500. The van der Waals surface area contributed by atoms with Gasteiger partial charge in [-0.25, -0.2) is 4.79 Å². The van der Waals surface area contributed by atoms with Gasteiger partial charge in [0, 0.05) is 24.6 Å². The number of likely N-dealkylation sites (tertiary alicyclic amines) is 1. The fourth-order valence-electron chi connectivity index (χ4n) is 3.53. The molecule has 3 rings (SSSR count). The van der Waals surface area contributed by atoms with Crippen LogP contribution < -0.4 is 15.2 Å². The molecule has 2 aliphatic heterocycles. The Morgan fingerprint density at radius 1 is 1.38 bits per heavy atom. The van der Waals surface area contributed by atoms with E-state index in [9.17, 15) is 4.79 Å². The van der Waals surface area contributed by atoms with Gasteiger partial charge in [-0.15, -0.1) is 0 Å². The van der Waals surface area contributed by atoms with Gasteiger partial charge in [-0.2, -0.15) is 0 Å². The standard InChI is InChI=1S/C20H30N2O4/c1-19(2,3)26-18(23)22-8-6-7-14(22)12-24-17-10-16-13(9-15(17)21)11-20(4,5)25-16/h9-10,14H,6-8,11-12,21H2,1-5H3. The molecule has 0 aliphatic carbocycles. The lowest BCUT2D eigenvalue weighted by molar-refractivity contribution is 0.0187. The Bertz CT molecular complexity index is 694. The predicted octanol–water partition coefficient (Wildman–Crippen LogP) is 3.76. The molecule has 2 N–H and O–H groups in total. The Balaban J connectivity index is 1.65. The van der Waals surface area contributed by atoms with Crippen molar-refractivity contribution in [1.29, 1.82) is 0 Å². The van der Waals surface area contributed by atoms with Crippen molar-refractivity contribution in [3.8, 4) is 11.5 Å². The smallest absolute Gasteiger partial charge is 0.410 e. The number of carbonyl (C=O) groups is 1. The summed E-state index contributed by atoms with van der Waals surface area (Å²) in [6, 6.07) is 3.79. The first kappa shape index (κ1) is 18.7. The van der Waals surface area contributed by atoms with Crippen LogP contribution in [0.25, 0.3) is 0 Å². The maximum absolute atomic E-state index is 12.4. The Kier molecular flexibility index (Phi) is 4.71. The molecule has 2 aliphatic rings. The van der Waals surface area contributed by atoms with Gasteiger partial charge in [-0.1, -0.05) is 0 Å². The van der Waals surface area contributed by atoms with Crippen LogP contribution in [0.3, 0.4) is 0 Å². The van der Waals surface area contributed by atoms with Crippen molar-refractivity contribution >= 4 is 11.8 Å². The fourth-order valence-corrected chi connectivity index (χ4v) is 3.53. The van der Waals surface area contributed by atoms with Gasteiger partial charge in [0.15, 0.2) is 0 Å². The molecule has 0 spiro atoms. The maximum Gasteiger partial charge on any atom is 0.410 e. The van der Waals surface area contributed by atoms with E-state index < -0.39 is 5.60 Å². The third kappa shape index (κ3) is 4.17. The number of nitrogen functional groups attached to an aromatic ring is 1. The molecule has 0 aromatic heterocycles. The topological polar surface area (TPSA) is 74.0 Å². The second kappa shape index (κ2) is 6.56. The van der Waals surface area contributed by atoms with E-state index in [0.29, 0.717) is 24.6 Å². The van der Waals surface area contributed by atoms with E-state index in [1.54, 1.807) is 4.90 Å². The van der Waals surface area contributed by atoms with Gasteiger partial charge in [0.25, 0.3) is 0 Å². The molecular weight excluding hydrogens is 332 g/mol. The first-order valence-electron chi connectivity index (χ1n) is 9.28. The Morgan fingerprint density at radius 3 is 2.81 bits per heavy atom. The minimum Gasteiger partial charge on any atom is -0.489 e. The highest BCUT2D eigenvalue weighted by Crippen LogP contribution is 2.40. The predicted molar refractivity (Wildman–Crippen MR) is 101 cm³/mol. The van der Waals surface area contributed by atoms with Crippen molar-refractivity contribution in [2.24, 2.45) is 0 Å². The molecule has 1 unspecified atom stereocenters. The first-order valence-corrected chi connectivity index (χ1v) is 9.28. The second-order valence-corrected chi connectivity index (χ2v) is 8.82. The lowest BCUT2D eigenvalue weighted by Gasteiger charge is -2.28. The van der Waals surface area contributed by atoms with Crippen LogP contribution in [0, 0.1) is 0 Å². The molecule has 6 nitrogen and oxygen atoms in total. The average molecular weight is 362 g/mol. The lowest BCUT2D eigenvalue weighted by atomic mass is 10.0. The van der Waals surface area contributed by atoms with Crippen molar-refractivity contribution in [1.82, 2.24) is 4.90 Å². The normalized spacial score (nSPS) is 21.3. The molecule has 0 radical (unpaired) electrons. The zero-order valence-corrected chi connectivity index (χ0v) is 16.4. The molecule has 1 aromatic rings. The van der Waals surface area contributed by atoms with E-state index in [1.807, 2.05) is 32.9 Å². The number of carbonyl (C=O) groups excluding carboxylic acids is 1. The van der Waals surface area contributed by atoms with Gasteiger partial charge < -0.3 is 24.8 Å². The minimum absolute atomic E-state index is 0.00476. The number of ether oxygens (including phenoxy) is 3. The van der Waals surface area contributed by atoms with Gasteiger partial charge in [-0.05, 0) is 53.5 Å².